The summed E-state index contributed by atoms with van der Waals surface area (Å²) in [7, 11) is 2.13. The van der Waals surface area contributed by atoms with E-state index in [0.29, 0.717) is 11.5 Å². The van der Waals surface area contributed by atoms with Crippen molar-refractivity contribution in [1.29, 1.82) is 0 Å². The number of hydrogen-bond acceptors (Lipinski definition) is 2. The Morgan fingerprint density at radius 3 is 2.06 bits per heavy atom. The summed E-state index contributed by atoms with van der Waals surface area (Å²) >= 11 is 0. The summed E-state index contributed by atoms with van der Waals surface area (Å²) in [6.45, 7) is 3.87. The fourth-order valence-corrected chi connectivity index (χ4v) is 5.41. The monoisotopic (exact) mass is 237 g/mol. The number of hydrogen-bond donors (Lipinski definition) is 1. The van der Waals surface area contributed by atoms with Gasteiger partial charge in [-0.25, -0.2) is 0 Å². The molecule has 0 aliphatic heterocycles. The molecular formula is C15H27NO. The predicted molar refractivity (Wildman–Crippen MR) is 69.9 cm³/mol. The van der Waals surface area contributed by atoms with E-state index in [4.69, 9.17) is 4.74 Å². The molecule has 0 heterocycles. The van der Waals surface area contributed by atoms with E-state index in [1.165, 1.54) is 38.5 Å². The third-order valence-corrected chi connectivity index (χ3v) is 5.66. The molecule has 2 nitrogen and oxygen atoms in total. The van der Waals surface area contributed by atoms with E-state index in [9.17, 15) is 0 Å². The molecule has 4 aliphatic carbocycles. The summed E-state index contributed by atoms with van der Waals surface area (Å²) in [6.07, 6.45) is 9.01. The third-order valence-electron chi connectivity index (χ3n) is 5.66. The topological polar surface area (TPSA) is 21.3 Å². The Bertz CT molecular complexity index is 241. The summed E-state index contributed by atoms with van der Waals surface area (Å²) in [5, 5.41) is 3.57. The predicted octanol–water partition coefficient (Wildman–Crippen LogP) is 2.83. The lowest BCUT2D eigenvalue weighted by Gasteiger charge is -2.59. The highest BCUT2D eigenvalue weighted by Gasteiger charge is 2.53. The largest absolute Gasteiger partial charge is 0.380 e. The Morgan fingerprint density at radius 1 is 1.12 bits per heavy atom. The lowest BCUT2D eigenvalue weighted by Crippen LogP contribution is -2.56. The highest BCUT2D eigenvalue weighted by atomic mass is 16.5. The standard InChI is InChI=1S/C15H27NO/c1-3-17-10-14(16-2)15-7-11-4-12(8-15)6-13(5-11)9-15/h11-14,16H,3-10H2,1-2H3. The van der Waals surface area contributed by atoms with Gasteiger partial charge in [-0.05, 0) is 75.7 Å². The van der Waals surface area contributed by atoms with E-state index < -0.39 is 0 Å². The maximum absolute atomic E-state index is 5.71. The van der Waals surface area contributed by atoms with Gasteiger partial charge in [-0.2, -0.15) is 0 Å². The average Bonchev–Trinajstić information content (AvgIpc) is 2.27. The van der Waals surface area contributed by atoms with Crippen molar-refractivity contribution in [1.82, 2.24) is 5.32 Å². The minimum absolute atomic E-state index is 0.582. The fraction of sp³-hybridized carbons (Fsp3) is 1.00. The van der Waals surface area contributed by atoms with Crippen LogP contribution in [0, 0.1) is 23.2 Å². The molecule has 4 fully saturated rings. The molecule has 4 bridgehead atoms. The summed E-state index contributed by atoms with van der Waals surface area (Å²) in [6, 6.07) is 0.593. The van der Waals surface area contributed by atoms with Crippen LogP contribution in [0.4, 0.5) is 0 Å². The van der Waals surface area contributed by atoms with Gasteiger partial charge >= 0.3 is 0 Å². The highest BCUT2D eigenvalue weighted by molar-refractivity contribution is 5.05. The van der Waals surface area contributed by atoms with E-state index in [0.717, 1.165) is 31.0 Å². The maximum atomic E-state index is 5.71. The van der Waals surface area contributed by atoms with Crippen molar-refractivity contribution in [3.05, 3.63) is 0 Å². The molecular weight excluding hydrogens is 210 g/mol. The minimum atomic E-state index is 0.582. The number of rotatable bonds is 5. The molecule has 0 amide bonds. The van der Waals surface area contributed by atoms with Crippen molar-refractivity contribution < 1.29 is 4.74 Å². The first-order chi connectivity index (χ1) is 8.25. The Hall–Kier alpha value is -0.0800. The molecule has 0 aromatic rings. The second-order valence-corrected chi connectivity index (χ2v) is 6.78. The average molecular weight is 237 g/mol. The zero-order valence-corrected chi connectivity index (χ0v) is 11.4. The van der Waals surface area contributed by atoms with E-state index in [1.54, 1.807) is 0 Å². The highest BCUT2D eigenvalue weighted by Crippen LogP contribution is 2.61. The Labute approximate surface area is 105 Å². The molecule has 4 aliphatic rings. The van der Waals surface area contributed by atoms with Crippen molar-refractivity contribution in [2.75, 3.05) is 20.3 Å². The van der Waals surface area contributed by atoms with Gasteiger partial charge in [-0.15, -0.1) is 0 Å². The van der Waals surface area contributed by atoms with E-state index >= 15 is 0 Å². The summed E-state index contributed by atoms with van der Waals surface area (Å²) in [5.74, 6) is 3.12. The molecule has 0 aromatic carbocycles. The van der Waals surface area contributed by atoms with Crippen LogP contribution in [-0.4, -0.2) is 26.3 Å². The molecule has 0 aromatic heterocycles. The zero-order chi connectivity index (χ0) is 11.9. The molecule has 2 heteroatoms. The van der Waals surface area contributed by atoms with Gasteiger partial charge in [0.15, 0.2) is 0 Å². The minimum Gasteiger partial charge on any atom is -0.380 e. The molecule has 17 heavy (non-hydrogen) atoms. The van der Waals surface area contributed by atoms with Gasteiger partial charge in [0.2, 0.25) is 0 Å². The van der Waals surface area contributed by atoms with Crippen LogP contribution in [0.1, 0.15) is 45.4 Å². The Kier molecular flexibility index (Phi) is 3.20. The number of likely N-dealkylation sites (N-methyl/N-ethyl adjacent to an activating group) is 1. The van der Waals surface area contributed by atoms with Crippen LogP contribution in [-0.2, 0) is 4.74 Å². The summed E-state index contributed by atoms with van der Waals surface area (Å²) in [4.78, 5) is 0. The van der Waals surface area contributed by atoms with Crippen molar-refractivity contribution in [2.24, 2.45) is 23.2 Å². The first-order valence-corrected chi connectivity index (χ1v) is 7.50. The van der Waals surface area contributed by atoms with Crippen molar-refractivity contribution in [3.63, 3.8) is 0 Å². The van der Waals surface area contributed by atoms with Crippen molar-refractivity contribution in [2.45, 2.75) is 51.5 Å². The smallest absolute Gasteiger partial charge is 0.0624 e. The molecule has 4 rings (SSSR count). The first-order valence-electron chi connectivity index (χ1n) is 7.50. The van der Waals surface area contributed by atoms with Gasteiger partial charge in [0.1, 0.15) is 0 Å². The van der Waals surface area contributed by atoms with E-state index in [2.05, 4.69) is 19.3 Å². The maximum Gasteiger partial charge on any atom is 0.0624 e. The first kappa shape index (κ1) is 12.0. The molecule has 0 saturated heterocycles. The van der Waals surface area contributed by atoms with Crippen molar-refractivity contribution >= 4 is 0 Å². The second kappa shape index (κ2) is 4.55. The van der Waals surface area contributed by atoms with Crippen LogP contribution < -0.4 is 5.32 Å². The molecule has 0 radical (unpaired) electrons. The van der Waals surface area contributed by atoms with Gasteiger partial charge in [0, 0.05) is 12.6 Å². The molecule has 0 spiro atoms. The lowest BCUT2D eigenvalue weighted by atomic mass is 9.48. The van der Waals surface area contributed by atoms with E-state index in [1.807, 2.05) is 0 Å². The molecule has 1 atom stereocenters. The van der Waals surface area contributed by atoms with Gasteiger partial charge in [-0.3, -0.25) is 0 Å². The summed E-state index contributed by atoms with van der Waals surface area (Å²) in [5.41, 5.74) is 0.582. The van der Waals surface area contributed by atoms with Gasteiger partial charge in [0.05, 0.1) is 6.61 Å². The molecule has 1 N–H and O–H groups in total. The molecule has 4 saturated carbocycles. The molecule has 98 valence electrons. The Balaban J connectivity index is 1.75. The second-order valence-electron chi connectivity index (χ2n) is 6.78. The SMILES string of the molecule is CCOCC(NC)C12CC3CC(CC(C3)C1)C2. The number of ether oxygens (including phenoxy) is 1. The summed E-state index contributed by atoms with van der Waals surface area (Å²) < 4.78 is 5.71. The van der Waals surface area contributed by atoms with E-state index in [-0.39, 0.29) is 0 Å². The normalized spacial score (nSPS) is 45.2. The van der Waals surface area contributed by atoms with Crippen LogP contribution in [0.2, 0.25) is 0 Å². The van der Waals surface area contributed by atoms with Gasteiger partial charge in [0.25, 0.3) is 0 Å². The quantitative estimate of drug-likeness (QED) is 0.794. The Morgan fingerprint density at radius 2 is 1.65 bits per heavy atom. The zero-order valence-electron chi connectivity index (χ0n) is 11.4. The third kappa shape index (κ3) is 2.04. The van der Waals surface area contributed by atoms with Crippen LogP contribution >= 0.6 is 0 Å². The number of nitrogens with one attached hydrogen (secondary N) is 1. The van der Waals surface area contributed by atoms with Crippen LogP contribution in [0.5, 0.6) is 0 Å². The van der Waals surface area contributed by atoms with Crippen LogP contribution in [0.25, 0.3) is 0 Å². The lowest BCUT2D eigenvalue weighted by molar-refractivity contribution is -0.0866. The molecule has 1 unspecified atom stereocenters. The van der Waals surface area contributed by atoms with Crippen molar-refractivity contribution in [3.8, 4) is 0 Å². The van der Waals surface area contributed by atoms with Crippen LogP contribution in [0.15, 0.2) is 0 Å². The van der Waals surface area contributed by atoms with Crippen LogP contribution in [0.3, 0.4) is 0 Å². The van der Waals surface area contributed by atoms with Gasteiger partial charge < -0.3 is 10.1 Å². The fourth-order valence-electron chi connectivity index (χ4n) is 5.41. The van der Waals surface area contributed by atoms with Gasteiger partial charge in [-0.1, -0.05) is 0 Å².